The lowest BCUT2D eigenvalue weighted by Crippen LogP contribution is -2.23. The minimum atomic E-state index is 0.372. The topological polar surface area (TPSA) is 69.2 Å². The number of rotatable bonds is 5. The third-order valence-electron chi connectivity index (χ3n) is 4.62. The molecule has 7 nitrogen and oxygen atoms in total. The van der Waals surface area contributed by atoms with Crippen molar-refractivity contribution in [1.29, 1.82) is 0 Å². The number of aryl methyl sites for hydroxylation is 1. The van der Waals surface area contributed by atoms with Gasteiger partial charge in [0.05, 0.1) is 19.9 Å². The van der Waals surface area contributed by atoms with Gasteiger partial charge in [0.15, 0.2) is 5.82 Å². The molecule has 2 aromatic heterocycles. The molecule has 130 valence electrons. The van der Waals surface area contributed by atoms with Crippen molar-refractivity contribution in [2.45, 2.75) is 25.4 Å². The Bertz CT molecular complexity index is 839. The summed E-state index contributed by atoms with van der Waals surface area (Å²) in [6, 6.07) is 7.99. The number of hydrogen-bond acceptors (Lipinski definition) is 6. The van der Waals surface area contributed by atoms with E-state index >= 15 is 0 Å². The normalized spacial score (nSPS) is 17.9. The van der Waals surface area contributed by atoms with Crippen LogP contribution in [0.1, 0.15) is 30.3 Å². The van der Waals surface area contributed by atoms with Crippen LogP contribution in [-0.2, 0) is 13.6 Å². The summed E-state index contributed by atoms with van der Waals surface area (Å²) in [6.45, 7) is 1.71. The fourth-order valence-electron chi connectivity index (χ4n) is 3.36. The average molecular weight is 339 g/mol. The van der Waals surface area contributed by atoms with Gasteiger partial charge in [0, 0.05) is 30.4 Å². The first-order chi connectivity index (χ1) is 12.2. The molecule has 0 radical (unpaired) electrons. The van der Waals surface area contributed by atoms with Gasteiger partial charge in [-0.1, -0.05) is 5.16 Å². The summed E-state index contributed by atoms with van der Waals surface area (Å²) in [5.74, 6) is 2.05. The molecule has 0 aliphatic carbocycles. The third-order valence-corrected chi connectivity index (χ3v) is 4.62. The molecule has 1 atom stereocenters. The van der Waals surface area contributed by atoms with E-state index in [1.54, 1.807) is 7.11 Å². The predicted octanol–water partition coefficient (Wildman–Crippen LogP) is 2.82. The predicted molar refractivity (Wildman–Crippen MR) is 91.9 cm³/mol. The minimum absolute atomic E-state index is 0.372. The molecule has 0 saturated carbocycles. The van der Waals surface area contributed by atoms with Crippen molar-refractivity contribution < 1.29 is 9.26 Å². The van der Waals surface area contributed by atoms with Crippen molar-refractivity contribution in [1.82, 2.24) is 24.8 Å². The second-order valence-electron chi connectivity index (χ2n) is 6.32. The molecule has 1 saturated heterocycles. The van der Waals surface area contributed by atoms with E-state index in [1.165, 1.54) is 12.0 Å². The van der Waals surface area contributed by atoms with Gasteiger partial charge >= 0.3 is 0 Å². The molecule has 1 aliphatic rings. The van der Waals surface area contributed by atoms with Crippen molar-refractivity contribution >= 4 is 0 Å². The van der Waals surface area contributed by atoms with Crippen LogP contribution in [0.2, 0.25) is 0 Å². The van der Waals surface area contributed by atoms with Gasteiger partial charge < -0.3 is 9.26 Å². The van der Waals surface area contributed by atoms with E-state index in [9.17, 15) is 0 Å². The van der Waals surface area contributed by atoms with E-state index in [0.29, 0.717) is 24.3 Å². The van der Waals surface area contributed by atoms with Crippen LogP contribution in [0.15, 0.2) is 41.2 Å². The summed E-state index contributed by atoms with van der Waals surface area (Å²) in [5.41, 5.74) is 2.14. The monoisotopic (exact) mass is 339 g/mol. The largest absolute Gasteiger partial charge is 0.497 e. The first kappa shape index (κ1) is 15.8. The molecule has 1 aliphatic heterocycles. The average Bonchev–Trinajstić information content (AvgIpc) is 3.36. The Balaban J connectivity index is 1.48. The first-order valence-corrected chi connectivity index (χ1v) is 8.42. The zero-order chi connectivity index (χ0) is 17.2. The Morgan fingerprint density at radius 3 is 2.84 bits per heavy atom. The lowest BCUT2D eigenvalue weighted by molar-refractivity contribution is 0.238. The maximum absolute atomic E-state index is 5.43. The van der Waals surface area contributed by atoms with Gasteiger partial charge in [-0.2, -0.15) is 10.1 Å². The standard InChI is InChI=1S/C18H21N5O2/c1-22-11-14(10-19-22)16-4-3-9-23(16)12-17-20-18(25-21-17)13-5-7-15(24-2)8-6-13/h5-8,10-11,16H,3-4,9,12H2,1-2H3. The highest BCUT2D eigenvalue weighted by Gasteiger charge is 2.28. The molecule has 0 bridgehead atoms. The summed E-state index contributed by atoms with van der Waals surface area (Å²) in [5, 5.41) is 8.44. The Morgan fingerprint density at radius 1 is 1.28 bits per heavy atom. The van der Waals surface area contributed by atoms with E-state index in [2.05, 4.69) is 26.3 Å². The summed E-state index contributed by atoms with van der Waals surface area (Å²) >= 11 is 0. The van der Waals surface area contributed by atoms with E-state index in [4.69, 9.17) is 9.26 Å². The van der Waals surface area contributed by atoms with Gasteiger partial charge in [-0.15, -0.1) is 0 Å². The number of benzene rings is 1. The van der Waals surface area contributed by atoms with Crippen LogP contribution in [0.5, 0.6) is 5.75 Å². The van der Waals surface area contributed by atoms with Crippen LogP contribution >= 0.6 is 0 Å². The zero-order valence-electron chi connectivity index (χ0n) is 14.4. The maximum atomic E-state index is 5.43. The smallest absolute Gasteiger partial charge is 0.257 e. The van der Waals surface area contributed by atoms with Crippen molar-refractivity contribution in [2.75, 3.05) is 13.7 Å². The van der Waals surface area contributed by atoms with Gasteiger partial charge in [-0.25, -0.2) is 0 Å². The molecule has 0 amide bonds. The molecule has 4 rings (SSSR count). The molecular weight excluding hydrogens is 318 g/mol. The molecule has 0 spiro atoms. The Kier molecular flexibility index (Phi) is 4.23. The minimum Gasteiger partial charge on any atom is -0.497 e. The second-order valence-corrected chi connectivity index (χ2v) is 6.32. The highest BCUT2D eigenvalue weighted by atomic mass is 16.5. The second kappa shape index (κ2) is 6.68. The summed E-state index contributed by atoms with van der Waals surface area (Å²) < 4.78 is 12.5. The molecular formula is C18H21N5O2. The fourth-order valence-corrected chi connectivity index (χ4v) is 3.36. The lowest BCUT2D eigenvalue weighted by atomic mass is 10.1. The number of hydrogen-bond donors (Lipinski definition) is 0. The summed E-state index contributed by atoms with van der Waals surface area (Å²) in [4.78, 5) is 6.94. The van der Waals surface area contributed by atoms with Crippen LogP contribution in [0, 0.1) is 0 Å². The summed E-state index contributed by atoms with van der Waals surface area (Å²) in [6.07, 6.45) is 6.33. The molecule has 25 heavy (non-hydrogen) atoms. The number of likely N-dealkylation sites (tertiary alicyclic amines) is 1. The number of aromatic nitrogens is 4. The van der Waals surface area contributed by atoms with E-state index in [1.807, 2.05) is 42.2 Å². The van der Waals surface area contributed by atoms with Crippen LogP contribution in [-0.4, -0.2) is 38.5 Å². The summed E-state index contributed by atoms with van der Waals surface area (Å²) in [7, 11) is 3.59. The van der Waals surface area contributed by atoms with Gasteiger partial charge in [0.2, 0.25) is 0 Å². The Hall–Kier alpha value is -2.67. The van der Waals surface area contributed by atoms with Crippen molar-refractivity contribution in [3.8, 4) is 17.2 Å². The fraction of sp³-hybridized carbons (Fsp3) is 0.389. The van der Waals surface area contributed by atoms with Crippen LogP contribution < -0.4 is 4.74 Å². The molecule has 7 heteroatoms. The lowest BCUT2D eigenvalue weighted by Gasteiger charge is -2.21. The maximum Gasteiger partial charge on any atom is 0.257 e. The van der Waals surface area contributed by atoms with Crippen LogP contribution in [0.4, 0.5) is 0 Å². The van der Waals surface area contributed by atoms with Gasteiger partial charge in [0.25, 0.3) is 5.89 Å². The number of nitrogens with zero attached hydrogens (tertiary/aromatic N) is 5. The van der Waals surface area contributed by atoms with Crippen molar-refractivity contribution in [3.63, 3.8) is 0 Å². The quantitative estimate of drug-likeness (QED) is 0.712. The van der Waals surface area contributed by atoms with Crippen LogP contribution in [0.3, 0.4) is 0 Å². The third kappa shape index (κ3) is 3.28. The molecule has 3 heterocycles. The highest BCUT2D eigenvalue weighted by Crippen LogP contribution is 2.32. The van der Waals surface area contributed by atoms with E-state index in [0.717, 1.165) is 24.3 Å². The van der Waals surface area contributed by atoms with Crippen molar-refractivity contribution in [3.05, 3.63) is 48.0 Å². The number of methoxy groups -OCH3 is 1. The SMILES string of the molecule is COc1ccc(-c2nc(CN3CCCC3c3cnn(C)c3)no2)cc1. The van der Waals surface area contributed by atoms with Crippen LogP contribution in [0.25, 0.3) is 11.5 Å². The van der Waals surface area contributed by atoms with E-state index < -0.39 is 0 Å². The Labute approximate surface area is 146 Å². The molecule has 1 fully saturated rings. The Morgan fingerprint density at radius 2 is 2.12 bits per heavy atom. The number of ether oxygens (including phenoxy) is 1. The molecule has 3 aromatic rings. The van der Waals surface area contributed by atoms with Gasteiger partial charge in [-0.05, 0) is 43.7 Å². The van der Waals surface area contributed by atoms with Gasteiger partial charge in [-0.3, -0.25) is 9.58 Å². The first-order valence-electron chi connectivity index (χ1n) is 8.42. The van der Waals surface area contributed by atoms with Crippen molar-refractivity contribution in [2.24, 2.45) is 7.05 Å². The highest BCUT2D eigenvalue weighted by molar-refractivity contribution is 5.54. The molecule has 1 unspecified atom stereocenters. The molecule has 1 aromatic carbocycles. The van der Waals surface area contributed by atoms with E-state index in [-0.39, 0.29) is 0 Å². The zero-order valence-corrected chi connectivity index (χ0v) is 14.4. The van der Waals surface area contributed by atoms with Gasteiger partial charge in [0.1, 0.15) is 5.75 Å². The molecule has 0 N–H and O–H groups in total.